The van der Waals surface area contributed by atoms with Gasteiger partial charge in [0.05, 0.1) is 12.6 Å². The van der Waals surface area contributed by atoms with E-state index in [0.29, 0.717) is 11.8 Å². The van der Waals surface area contributed by atoms with Crippen molar-refractivity contribution in [3.8, 4) is 5.75 Å². The van der Waals surface area contributed by atoms with Gasteiger partial charge in [-0.05, 0) is 43.4 Å². The van der Waals surface area contributed by atoms with Gasteiger partial charge >= 0.3 is 0 Å². The molecule has 0 bridgehead atoms. The molecule has 1 aromatic carbocycles. The van der Waals surface area contributed by atoms with Crippen LogP contribution in [0.4, 0.5) is 0 Å². The van der Waals surface area contributed by atoms with Crippen LogP contribution in [0.3, 0.4) is 0 Å². The first-order valence-corrected chi connectivity index (χ1v) is 7.79. The summed E-state index contributed by atoms with van der Waals surface area (Å²) >= 11 is 0. The Hall–Kier alpha value is -1.06. The van der Waals surface area contributed by atoms with Gasteiger partial charge in [0.1, 0.15) is 5.75 Å². The van der Waals surface area contributed by atoms with Crippen molar-refractivity contribution in [3.63, 3.8) is 0 Å². The van der Waals surface area contributed by atoms with Crippen LogP contribution >= 0.6 is 0 Å². The molecule has 0 aliphatic heterocycles. The lowest BCUT2D eigenvalue weighted by atomic mass is 9.99. The van der Waals surface area contributed by atoms with Gasteiger partial charge in [0.15, 0.2) is 0 Å². The average Bonchev–Trinajstić information content (AvgIpc) is 2.70. The molecule has 1 fully saturated rings. The summed E-state index contributed by atoms with van der Waals surface area (Å²) in [5.41, 5.74) is 2.83. The summed E-state index contributed by atoms with van der Waals surface area (Å²) in [5.74, 6) is 0.361. The number of rotatable bonds is 4. The highest BCUT2D eigenvalue weighted by Crippen LogP contribution is 2.27. The maximum Gasteiger partial charge on any atom is 0.121 e. The summed E-state index contributed by atoms with van der Waals surface area (Å²) in [5, 5.41) is 23.2. The zero-order chi connectivity index (χ0) is 14.5. The van der Waals surface area contributed by atoms with Gasteiger partial charge in [-0.3, -0.25) is 0 Å². The molecule has 20 heavy (non-hydrogen) atoms. The molecule has 1 aromatic rings. The van der Waals surface area contributed by atoms with Crippen LogP contribution < -0.4 is 5.32 Å². The van der Waals surface area contributed by atoms with Crippen molar-refractivity contribution in [1.82, 2.24) is 5.32 Å². The van der Waals surface area contributed by atoms with Gasteiger partial charge in [-0.2, -0.15) is 0 Å². The van der Waals surface area contributed by atoms with Crippen molar-refractivity contribution in [1.29, 1.82) is 0 Å². The molecular formula is C17H27NO2. The third-order valence-corrected chi connectivity index (χ3v) is 4.39. The van der Waals surface area contributed by atoms with E-state index in [4.69, 9.17) is 0 Å². The molecule has 112 valence electrons. The third kappa shape index (κ3) is 3.74. The lowest BCUT2D eigenvalue weighted by Crippen LogP contribution is -2.34. The van der Waals surface area contributed by atoms with Crippen molar-refractivity contribution < 1.29 is 10.2 Å². The molecule has 0 saturated heterocycles. The number of phenolic OH excluding ortho intramolecular Hbond substituents is 1. The van der Waals surface area contributed by atoms with Gasteiger partial charge in [0.2, 0.25) is 0 Å². The molecule has 0 amide bonds. The molecule has 1 aliphatic rings. The van der Waals surface area contributed by atoms with E-state index in [1.807, 2.05) is 26.0 Å². The van der Waals surface area contributed by atoms with Crippen LogP contribution in [0.15, 0.2) is 12.1 Å². The lowest BCUT2D eigenvalue weighted by molar-refractivity contribution is 0.228. The van der Waals surface area contributed by atoms with Crippen molar-refractivity contribution in [2.24, 2.45) is 0 Å². The summed E-state index contributed by atoms with van der Waals surface area (Å²) in [7, 11) is 0. The Morgan fingerprint density at radius 1 is 1.10 bits per heavy atom. The molecule has 0 aromatic heterocycles. The van der Waals surface area contributed by atoms with E-state index in [9.17, 15) is 10.2 Å². The zero-order valence-corrected chi connectivity index (χ0v) is 12.7. The van der Waals surface area contributed by atoms with E-state index in [1.54, 1.807) is 0 Å². The molecule has 1 unspecified atom stereocenters. The fourth-order valence-electron chi connectivity index (χ4n) is 3.18. The fraction of sp³-hybridized carbons (Fsp3) is 0.647. The first-order valence-electron chi connectivity index (χ1n) is 7.79. The largest absolute Gasteiger partial charge is 0.507 e. The second kappa shape index (κ2) is 7.09. The number of hydrogen-bond donors (Lipinski definition) is 3. The first kappa shape index (κ1) is 15.3. The first-order chi connectivity index (χ1) is 9.61. The van der Waals surface area contributed by atoms with Crippen LogP contribution in [-0.2, 0) is 0 Å². The lowest BCUT2D eigenvalue weighted by Gasteiger charge is -2.24. The van der Waals surface area contributed by atoms with Gasteiger partial charge in [-0.25, -0.2) is 0 Å². The minimum absolute atomic E-state index is 0.0314. The molecular weight excluding hydrogens is 250 g/mol. The Labute approximate surface area is 122 Å². The number of aliphatic hydroxyl groups excluding tert-OH is 1. The van der Waals surface area contributed by atoms with E-state index in [-0.39, 0.29) is 12.6 Å². The predicted molar refractivity (Wildman–Crippen MR) is 82.0 cm³/mol. The maximum absolute atomic E-state index is 9.86. The molecule has 0 radical (unpaired) electrons. The number of benzene rings is 1. The van der Waals surface area contributed by atoms with Crippen molar-refractivity contribution in [3.05, 3.63) is 28.8 Å². The predicted octanol–water partition coefficient (Wildman–Crippen LogP) is 3.35. The van der Waals surface area contributed by atoms with Crippen LogP contribution in [-0.4, -0.2) is 22.9 Å². The smallest absolute Gasteiger partial charge is 0.121 e. The standard InChI is InChI=1S/C17H27NO2/c1-12-9-14(10-13(2)17(12)20)16(11-19)18-15-7-5-3-4-6-8-15/h9-10,15-16,18-20H,3-8,11H2,1-2H3. The van der Waals surface area contributed by atoms with Gasteiger partial charge in [-0.1, -0.05) is 37.8 Å². The zero-order valence-electron chi connectivity index (χ0n) is 12.7. The topological polar surface area (TPSA) is 52.5 Å². The third-order valence-electron chi connectivity index (χ3n) is 4.39. The van der Waals surface area contributed by atoms with Gasteiger partial charge < -0.3 is 15.5 Å². The molecule has 0 spiro atoms. The van der Waals surface area contributed by atoms with E-state index < -0.39 is 0 Å². The maximum atomic E-state index is 9.86. The number of nitrogens with one attached hydrogen (secondary N) is 1. The number of aliphatic hydroxyl groups is 1. The molecule has 1 aliphatic carbocycles. The van der Waals surface area contributed by atoms with Crippen molar-refractivity contribution in [2.75, 3.05) is 6.61 Å². The SMILES string of the molecule is Cc1cc(C(CO)NC2CCCCCC2)cc(C)c1O. The normalized spacial score (nSPS) is 18.8. The highest BCUT2D eigenvalue weighted by molar-refractivity contribution is 5.43. The van der Waals surface area contributed by atoms with Crippen LogP contribution in [0, 0.1) is 13.8 Å². The van der Waals surface area contributed by atoms with Crippen LogP contribution in [0.25, 0.3) is 0 Å². The Bertz CT molecular complexity index is 414. The average molecular weight is 277 g/mol. The fourth-order valence-corrected chi connectivity index (χ4v) is 3.18. The van der Waals surface area contributed by atoms with E-state index in [2.05, 4.69) is 5.32 Å². The van der Waals surface area contributed by atoms with Crippen molar-refractivity contribution >= 4 is 0 Å². The number of phenols is 1. The molecule has 3 heteroatoms. The minimum atomic E-state index is -0.0314. The van der Waals surface area contributed by atoms with Crippen molar-refractivity contribution in [2.45, 2.75) is 64.5 Å². The quantitative estimate of drug-likeness (QED) is 0.740. The Kier molecular flexibility index (Phi) is 5.44. The minimum Gasteiger partial charge on any atom is -0.507 e. The molecule has 1 atom stereocenters. The molecule has 2 rings (SSSR count). The van der Waals surface area contributed by atoms with Gasteiger partial charge in [-0.15, -0.1) is 0 Å². The van der Waals surface area contributed by atoms with Crippen LogP contribution in [0.2, 0.25) is 0 Å². The monoisotopic (exact) mass is 277 g/mol. The second-order valence-corrected chi connectivity index (χ2v) is 6.09. The molecule has 3 nitrogen and oxygen atoms in total. The van der Waals surface area contributed by atoms with Gasteiger partial charge in [0, 0.05) is 6.04 Å². The summed E-state index contributed by atoms with van der Waals surface area (Å²) in [6.45, 7) is 3.91. The van der Waals surface area contributed by atoms with Crippen LogP contribution in [0.1, 0.15) is 61.3 Å². The highest BCUT2D eigenvalue weighted by atomic mass is 16.3. The van der Waals surface area contributed by atoms with Gasteiger partial charge in [0.25, 0.3) is 0 Å². The number of aromatic hydroxyl groups is 1. The molecule has 3 N–H and O–H groups in total. The van der Waals surface area contributed by atoms with E-state index >= 15 is 0 Å². The Morgan fingerprint density at radius 3 is 2.15 bits per heavy atom. The Morgan fingerprint density at radius 2 is 1.65 bits per heavy atom. The van der Waals surface area contributed by atoms with Crippen LogP contribution in [0.5, 0.6) is 5.75 Å². The second-order valence-electron chi connectivity index (χ2n) is 6.09. The molecule has 1 saturated carbocycles. The number of hydrogen-bond acceptors (Lipinski definition) is 3. The summed E-state index contributed by atoms with van der Waals surface area (Å²) in [6, 6.07) is 4.43. The summed E-state index contributed by atoms with van der Waals surface area (Å²) in [4.78, 5) is 0. The highest BCUT2D eigenvalue weighted by Gasteiger charge is 2.19. The van der Waals surface area contributed by atoms with E-state index in [1.165, 1.54) is 38.5 Å². The summed E-state index contributed by atoms with van der Waals surface area (Å²) < 4.78 is 0. The van der Waals surface area contributed by atoms with E-state index in [0.717, 1.165) is 16.7 Å². The molecule has 0 heterocycles. The summed E-state index contributed by atoms with van der Waals surface area (Å²) in [6.07, 6.45) is 7.63. The number of aryl methyl sites for hydroxylation is 2. The Balaban J connectivity index is 2.11.